The first-order valence-corrected chi connectivity index (χ1v) is 8.67. The molecule has 2 aromatic rings. The van der Waals surface area contributed by atoms with Gasteiger partial charge in [0.25, 0.3) is 0 Å². The standard InChI is InChI=1S/C14H13Br2Cl2N3/c1-2-5-19-13-10(17)7-11(18)14(21-13)20-12-4-3-8(15)6-9(12)16/h3-4,6-7H,2,5H2,1H3,(H2,19,20,21). The summed E-state index contributed by atoms with van der Waals surface area (Å²) >= 11 is 19.3. The normalized spacial score (nSPS) is 10.5. The second kappa shape index (κ2) is 7.68. The molecule has 3 nitrogen and oxygen atoms in total. The molecule has 0 fully saturated rings. The maximum atomic E-state index is 6.21. The van der Waals surface area contributed by atoms with Crippen molar-refractivity contribution in [3.05, 3.63) is 43.3 Å². The van der Waals surface area contributed by atoms with Crippen LogP contribution >= 0.6 is 55.1 Å². The van der Waals surface area contributed by atoms with Gasteiger partial charge < -0.3 is 10.6 Å². The first-order chi connectivity index (χ1) is 10.0. The molecule has 2 N–H and O–H groups in total. The SMILES string of the molecule is CCCNc1nc(Nc2ccc(Br)cc2Br)c(Cl)cc1Cl. The van der Waals surface area contributed by atoms with Crippen LogP contribution in [0.15, 0.2) is 33.2 Å². The third-order valence-corrected chi connectivity index (χ3v) is 4.38. The average molecular weight is 454 g/mol. The van der Waals surface area contributed by atoms with Crippen LogP contribution in [0.4, 0.5) is 17.3 Å². The van der Waals surface area contributed by atoms with Crippen molar-refractivity contribution in [1.82, 2.24) is 4.98 Å². The van der Waals surface area contributed by atoms with E-state index in [-0.39, 0.29) is 0 Å². The summed E-state index contributed by atoms with van der Waals surface area (Å²) in [5.41, 5.74) is 0.872. The Labute approximate surface area is 150 Å². The van der Waals surface area contributed by atoms with Crippen molar-refractivity contribution in [3.63, 3.8) is 0 Å². The molecular weight excluding hydrogens is 441 g/mol. The van der Waals surface area contributed by atoms with Crippen molar-refractivity contribution in [2.24, 2.45) is 0 Å². The summed E-state index contributed by atoms with van der Waals surface area (Å²) in [6, 6.07) is 7.50. The Morgan fingerprint density at radius 1 is 1.10 bits per heavy atom. The topological polar surface area (TPSA) is 37.0 Å². The zero-order chi connectivity index (χ0) is 15.4. The molecule has 0 saturated carbocycles. The van der Waals surface area contributed by atoms with Crippen LogP contribution < -0.4 is 10.6 Å². The molecule has 2 rings (SSSR count). The number of benzene rings is 1. The number of pyridine rings is 1. The molecule has 21 heavy (non-hydrogen) atoms. The van der Waals surface area contributed by atoms with Gasteiger partial charge in [-0.3, -0.25) is 0 Å². The minimum absolute atomic E-state index is 0.469. The molecule has 0 aliphatic carbocycles. The number of rotatable bonds is 5. The van der Waals surface area contributed by atoms with Crippen molar-refractivity contribution in [1.29, 1.82) is 0 Å². The molecule has 0 radical (unpaired) electrons. The van der Waals surface area contributed by atoms with Crippen molar-refractivity contribution in [3.8, 4) is 0 Å². The largest absolute Gasteiger partial charge is 0.369 e. The molecule has 7 heteroatoms. The molecule has 0 atom stereocenters. The summed E-state index contributed by atoms with van der Waals surface area (Å²) in [6.07, 6.45) is 0.988. The maximum absolute atomic E-state index is 6.21. The number of aromatic nitrogens is 1. The number of hydrogen-bond donors (Lipinski definition) is 2. The number of nitrogens with zero attached hydrogens (tertiary/aromatic N) is 1. The van der Waals surface area contributed by atoms with Crippen LogP contribution in [0.25, 0.3) is 0 Å². The minimum atomic E-state index is 0.469. The van der Waals surface area contributed by atoms with Crippen molar-refractivity contribution >= 4 is 72.4 Å². The quantitative estimate of drug-likeness (QED) is 0.544. The highest BCUT2D eigenvalue weighted by atomic mass is 79.9. The van der Waals surface area contributed by atoms with Gasteiger partial charge in [0.05, 0.1) is 15.7 Å². The fourth-order valence-electron chi connectivity index (χ4n) is 1.64. The van der Waals surface area contributed by atoms with E-state index >= 15 is 0 Å². The number of nitrogens with one attached hydrogen (secondary N) is 2. The summed E-state index contributed by atoms with van der Waals surface area (Å²) in [7, 11) is 0. The van der Waals surface area contributed by atoms with Gasteiger partial charge >= 0.3 is 0 Å². The maximum Gasteiger partial charge on any atom is 0.151 e. The number of anilines is 3. The van der Waals surface area contributed by atoms with Crippen LogP contribution in [0.5, 0.6) is 0 Å². The van der Waals surface area contributed by atoms with Crippen molar-refractivity contribution in [2.75, 3.05) is 17.2 Å². The summed E-state index contributed by atoms with van der Waals surface area (Å²) < 4.78 is 1.90. The zero-order valence-corrected chi connectivity index (χ0v) is 15.9. The molecular formula is C14H13Br2Cl2N3. The molecule has 0 unspecified atom stereocenters. The van der Waals surface area contributed by atoms with Gasteiger partial charge in [-0.2, -0.15) is 0 Å². The van der Waals surface area contributed by atoms with E-state index in [1.807, 2.05) is 18.2 Å². The smallest absolute Gasteiger partial charge is 0.151 e. The van der Waals surface area contributed by atoms with Gasteiger partial charge in [0.2, 0.25) is 0 Å². The van der Waals surface area contributed by atoms with Crippen LogP contribution in [0.3, 0.4) is 0 Å². The zero-order valence-electron chi connectivity index (χ0n) is 11.2. The molecule has 1 heterocycles. The fraction of sp³-hybridized carbons (Fsp3) is 0.214. The predicted octanol–water partition coefficient (Wildman–Crippen LogP) is 6.48. The van der Waals surface area contributed by atoms with Gasteiger partial charge in [0, 0.05) is 15.5 Å². The Morgan fingerprint density at radius 2 is 1.81 bits per heavy atom. The van der Waals surface area contributed by atoms with Crippen LogP contribution in [0.2, 0.25) is 10.0 Å². The average Bonchev–Trinajstić information content (AvgIpc) is 2.43. The van der Waals surface area contributed by atoms with Gasteiger partial charge in [0.15, 0.2) is 5.82 Å². The molecule has 0 aliphatic rings. The first kappa shape index (κ1) is 16.9. The lowest BCUT2D eigenvalue weighted by Gasteiger charge is -2.13. The van der Waals surface area contributed by atoms with Gasteiger partial charge in [0.1, 0.15) is 5.82 Å². The van der Waals surface area contributed by atoms with Gasteiger partial charge in [-0.15, -0.1) is 0 Å². The van der Waals surface area contributed by atoms with Crippen LogP contribution in [0, 0.1) is 0 Å². The lowest BCUT2D eigenvalue weighted by Crippen LogP contribution is -2.05. The Balaban J connectivity index is 2.30. The summed E-state index contributed by atoms with van der Waals surface area (Å²) in [6.45, 7) is 2.88. The van der Waals surface area contributed by atoms with Gasteiger partial charge in [-0.05, 0) is 46.6 Å². The molecule has 1 aromatic carbocycles. The van der Waals surface area contributed by atoms with E-state index in [1.165, 1.54) is 0 Å². The number of halogens is 4. The van der Waals surface area contributed by atoms with E-state index in [4.69, 9.17) is 23.2 Å². The predicted molar refractivity (Wildman–Crippen MR) is 98.2 cm³/mol. The molecule has 0 bridgehead atoms. The number of hydrogen-bond acceptors (Lipinski definition) is 3. The second-order valence-corrected chi connectivity index (χ2v) is 6.91. The third-order valence-electron chi connectivity index (χ3n) is 2.66. The lowest BCUT2D eigenvalue weighted by atomic mass is 10.3. The van der Waals surface area contributed by atoms with Gasteiger partial charge in [-0.25, -0.2) is 4.98 Å². The minimum Gasteiger partial charge on any atom is -0.369 e. The summed E-state index contributed by atoms with van der Waals surface area (Å²) in [5, 5.41) is 7.36. The second-order valence-electron chi connectivity index (χ2n) is 4.33. The molecule has 0 saturated heterocycles. The van der Waals surface area contributed by atoms with E-state index < -0.39 is 0 Å². The molecule has 0 amide bonds. The highest BCUT2D eigenvalue weighted by molar-refractivity contribution is 9.11. The molecule has 0 aliphatic heterocycles. The fourth-order valence-corrected chi connectivity index (χ4v) is 3.26. The third kappa shape index (κ3) is 4.49. The monoisotopic (exact) mass is 451 g/mol. The van der Waals surface area contributed by atoms with Crippen LogP contribution in [0.1, 0.15) is 13.3 Å². The van der Waals surface area contributed by atoms with E-state index in [0.29, 0.717) is 21.7 Å². The highest BCUT2D eigenvalue weighted by Crippen LogP contribution is 2.34. The Hall–Kier alpha value is -0.490. The Bertz CT molecular complexity index is 650. The van der Waals surface area contributed by atoms with Crippen LogP contribution in [-0.2, 0) is 0 Å². The van der Waals surface area contributed by atoms with Gasteiger partial charge in [-0.1, -0.05) is 46.1 Å². The Morgan fingerprint density at radius 3 is 2.48 bits per heavy atom. The Kier molecular flexibility index (Phi) is 6.17. The summed E-state index contributed by atoms with van der Waals surface area (Å²) in [5.74, 6) is 1.18. The van der Waals surface area contributed by atoms with Crippen molar-refractivity contribution in [2.45, 2.75) is 13.3 Å². The molecule has 112 valence electrons. The first-order valence-electron chi connectivity index (χ1n) is 6.33. The van der Waals surface area contributed by atoms with Crippen LogP contribution in [-0.4, -0.2) is 11.5 Å². The lowest BCUT2D eigenvalue weighted by molar-refractivity contribution is 0.970. The summed E-state index contributed by atoms with van der Waals surface area (Å²) in [4.78, 5) is 4.45. The van der Waals surface area contributed by atoms with E-state index in [2.05, 4.69) is 54.4 Å². The van der Waals surface area contributed by atoms with Crippen molar-refractivity contribution < 1.29 is 0 Å². The highest BCUT2D eigenvalue weighted by Gasteiger charge is 2.10. The molecule has 0 spiro atoms. The van der Waals surface area contributed by atoms with E-state index in [9.17, 15) is 0 Å². The van der Waals surface area contributed by atoms with E-state index in [1.54, 1.807) is 6.07 Å². The molecule has 1 aromatic heterocycles. The van der Waals surface area contributed by atoms with E-state index in [0.717, 1.165) is 27.6 Å².